The molecule has 33 heteroatoms. The number of nitriles is 3. The van der Waals surface area contributed by atoms with E-state index >= 15 is 0 Å². The molecule has 0 bridgehead atoms. The number of fused-ring (bicyclic) bond motifs is 6. The molecule has 142 heavy (non-hydrogen) atoms. The number of carbonyl (C=O) groups is 3. The molecule has 2 unspecified atom stereocenters. The van der Waals surface area contributed by atoms with Crippen molar-refractivity contribution in [3.8, 4) is 36.2 Å². The average molecular weight is 1920 g/mol. The summed E-state index contributed by atoms with van der Waals surface area (Å²) in [7, 11) is 8.27. The van der Waals surface area contributed by atoms with E-state index in [1.807, 2.05) is 41.2 Å². The summed E-state index contributed by atoms with van der Waals surface area (Å²) in [6.45, 7) is 19.1. The summed E-state index contributed by atoms with van der Waals surface area (Å²) in [5.41, 5.74) is 14.6. The van der Waals surface area contributed by atoms with Crippen LogP contribution in [0, 0.1) is 54.8 Å². The maximum Gasteiger partial charge on any atom is 0.421 e. The number of hydrogen-bond acceptors (Lipinski definition) is 26. The molecule has 9 aliphatic heterocycles. The maximum absolute atomic E-state index is 14.3. The summed E-state index contributed by atoms with van der Waals surface area (Å²) in [5.74, 6) is 0.729. The molecule has 5 aromatic heterocycles. The molecule has 0 N–H and O–H groups in total. The zero-order valence-electron chi connectivity index (χ0n) is 81.6. The van der Waals surface area contributed by atoms with Crippen LogP contribution in [0.25, 0.3) is 44.5 Å². The molecule has 732 valence electrons. The summed E-state index contributed by atoms with van der Waals surface area (Å²) in [6, 6.07) is 46.8. The first kappa shape index (κ1) is 95.2. The molecule has 0 spiro atoms. The zero-order chi connectivity index (χ0) is 98.3. The molecule has 11 aromatic rings. The van der Waals surface area contributed by atoms with Crippen LogP contribution in [-0.4, -0.2) is 273 Å². The van der Waals surface area contributed by atoms with Gasteiger partial charge < -0.3 is 63.2 Å². The van der Waals surface area contributed by atoms with Crippen LogP contribution in [0.2, 0.25) is 0 Å². The minimum Gasteiger partial charge on any atom is -0.462 e. The number of benzene rings is 6. The van der Waals surface area contributed by atoms with Gasteiger partial charge in [-0.1, -0.05) is 91.5 Å². The van der Waals surface area contributed by atoms with E-state index in [4.69, 9.17) is 44.1 Å². The van der Waals surface area contributed by atoms with Crippen LogP contribution in [-0.2, 0) is 60.3 Å². The van der Waals surface area contributed by atoms with Crippen molar-refractivity contribution < 1.29 is 41.8 Å². The van der Waals surface area contributed by atoms with Gasteiger partial charge in [-0.25, -0.2) is 0 Å². The summed E-state index contributed by atoms with van der Waals surface area (Å²) in [5, 5.41) is 41.9. The summed E-state index contributed by atoms with van der Waals surface area (Å²) in [4.78, 5) is 103. The standard InChI is InChI=1S/C109H119F3N24O6/c1-69-16-11-19-74-20-14-25-94(99(69)74)128-41-33-88-91(63-128)118-107(123-104(88)133-46-49-136(84(62-133)32-38-115)105(139)72(4)109(110,111)112)141-67-86-52-79(58-125(86)6)78-51-76-22-13-18-71(3)101(76)96(55-78)130-43-35-90-93(65-130)120-108(122-103(90)132-45-48-135(83(61-132)31-37-114)98(138)29-27-81-23-9-10-39-116-81)142-68-87-53-80(59-126(87)7)77-50-75-21-12-17-70(2)100(75)95(54-77)129-42-34-89-92(64-129)119-106(140-66-85-24-15-40-124(85)5)121-102(89)131-44-47-134(82(60-131)30-36-113)97(137)28-26-73-56-117-127(8)57-73/h9-14,16-23,25-29,39,50-51,54-57,79-80,82-87H,4,15,24,30-35,40-49,52-53,58-68H2,1-3,5-8H3/b28-26+,29-27+/t79?,80?,82-,83-,84-,85-,86-,87-/m0/s1. The number of halogens is 3. The van der Waals surface area contributed by atoms with Gasteiger partial charge in [-0.2, -0.15) is 64.0 Å². The first-order chi connectivity index (χ1) is 68.8. The van der Waals surface area contributed by atoms with Gasteiger partial charge in [0, 0.05) is 197 Å². The molecule has 3 amide bonds. The second kappa shape index (κ2) is 40.7. The van der Waals surface area contributed by atoms with E-state index in [2.05, 4.69) is 213 Å². The minimum absolute atomic E-state index is 0.0315. The van der Waals surface area contributed by atoms with Crippen LogP contribution in [0.5, 0.6) is 18.0 Å². The van der Waals surface area contributed by atoms with Gasteiger partial charge in [-0.05, 0) is 192 Å². The SMILES string of the molecule is C=C(C(=O)N1CCN(c2nc(OC[C@@H]3CC(c4cc(N5CCc6c(nc(OC[C@@H]7CC(c8cc(N9CCc%10c(nc(OC[C@@H]%11CCCN%11C)nc%10N%10CCN(C(=O)/C=C/c%11cnn(C)c%11)[C@@H](CC#N)C%10)C9)c9c(C)cccc9c8)CN7C)nc6N6CCN(C(=O)/C=C/c7ccccn7)[C@@H](CC#N)C6)C5)c5c(C)cccc5c4)CN3C)nc3c2CCN(c2cccc4cccc(C)c24)C3)C[C@@H]1CC#N)C(F)(F)F. The Morgan fingerprint density at radius 3 is 1.34 bits per heavy atom. The molecule has 8 atom stereocenters. The molecule has 30 nitrogen and oxygen atoms in total. The van der Waals surface area contributed by atoms with Crippen molar-refractivity contribution in [2.75, 3.05) is 169 Å². The Bertz CT molecular complexity index is 6870. The first-order valence-corrected chi connectivity index (χ1v) is 49.6. The monoisotopic (exact) mass is 1920 g/mol. The molecule has 9 aliphatic rings. The smallest absolute Gasteiger partial charge is 0.421 e. The highest BCUT2D eigenvalue weighted by atomic mass is 19.4. The molecular formula is C109H119F3N24O6. The number of carbonyl (C=O) groups excluding carboxylic acids is 3. The third kappa shape index (κ3) is 19.7. The van der Waals surface area contributed by atoms with Crippen LogP contribution >= 0.6 is 0 Å². The summed E-state index contributed by atoms with van der Waals surface area (Å²) >= 11 is 0. The van der Waals surface area contributed by atoms with E-state index in [1.165, 1.54) is 22.1 Å². The number of aromatic nitrogens is 9. The van der Waals surface area contributed by atoms with E-state index in [1.54, 1.807) is 46.3 Å². The molecule has 6 fully saturated rings. The van der Waals surface area contributed by atoms with Gasteiger partial charge in [-0.3, -0.25) is 33.8 Å². The number of pyridine rings is 1. The Balaban J connectivity index is 0.569. The predicted molar refractivity (Wildman–Crippen MR) is 541 cm³/mol. The predicted octanol–water partition coefficient (Wildman–Crippen LogP) is 13.8. The fourth-order valence-corrected chi connectivity index (χ4v) is 23.1. The van der Waals surface area contributed by atoms with E-state index in [0.717, 1.165) is 156 Å². The van der Waals surface area contributed by atoms with Crippen LogP contribution in [0.15, 0.2) is 158 Å². The third-order valence-electron chi connectivity index (χ3n) is 30.7. The molecule has 20 rings (SSSR count). The number of rotatable bonds is 25. The second-order valence-corrected chi connectivity index (χ2v) is 39.7. The lowest BCUT2D eigenvalue weighted by molar-refractivity contribution is -0.142. The number of alkyl halides is 3. The zero-order valence-corrected chi connectivity index (χ0v) is 81.6. The number of piperazine rings is 3. The van der Waals surface area contributed by atoms with Gasteiger partial charge in [0.05, 0.1) is 104 Å². The van der Waals surface area contributed by atoms with Crippen LogP contribution in [0.1, 0.15) is 130 Å². The van der Waals surface area contributed by atoms with Crippen molar-refractivity contribution in [2.24, 2.45) is 7.05 Å². The number of hydrogen-bond donors (Lipinski definition) is 0. The fourth-order valence-electron chi connectivity index (χ4n) is 23.1. The third-order valence-corrected chi connectivity index (χ3v) is 30.7. The molecule has 0 aliphatic carbocycles. The summed E-state index contributed by atoms with van der Waals surface area (Å²) in [6.07, 6.45) is 12.5. The Morgan fingerprint density at radius 1 is 0.465 bits per heavy atom. The van der Waals surface area contributed by atoms with Crippen molar-refractivity contribution >= 4 is 96.7 Å². The molecule has 6 aromatic carbocycles. The van der Waals surface area contributed by atoms with Gasteiger partial charge >= 0.3 is 24.2 Å². The van der Waals surface area contributed by atoms with Gasteiger partial charge in [-0.15, -0.1) is 0 Å². The lowest BCUT2D eigenvalue weighted by atomic mass is 9.91. The lowest BCUT2D eigenvalue weighted by Crippen LogP contribution is -2.56. The highest BCUT2D eigenvalue weighted by Crippen LogP contribution is 2.46. The lowest BCUT2D eigenvalue weighted by Gasteiger charge is -2.42. The molecule has 0 radical (unpaired) electrons. The quantitative estimate of drug-likeness (QED) is 0.0480. The average Bonchev–Trinajstić information content (AvgIpc) is 0.890. The number of nitrogens with zero attached hydrogens (tertiary/aromatic N) is 24. The van der Waals surface area contributed by atoms with Crippen molar-refractivity contribution in [3.63, 3.8) is 0 Å². The van der Waals surface area contributed by atoms with Crippen molar-refractivity contribution in [1.29, 1.82) is 15.8 Å². The number of aryl methyl sites for hydroxylation is 4. The van der Waals surface area contributed by atoms with E-state index in [0.29, 0.717) is 129 Å². The van der Waals surface area contributed by atoms with Crippen molar-refractivity contribution in [3.05, 3.63) is 231 Å². The number of likely N-dealkylation sites (N-methyl/N-ethyl adjacent to an activating group) is 3. The highest BCUT2D eigenvalue weighted by Gasteiger charge is 2.45. The number of amides is 3. The molecule has 0 saturated carbocycles. The van der Waals surface area contributed by atoms with Crippen LogP contribution in [0.3, 0.4) is 0 Å². The molecule has 6 saturated heterocycles. The molecule has 14 heterocycles. The fraction of sp³-hybridized carbons (Fsp3) is 0.431. The second-order valence-electron chi connectivity index (χ2n) is 39.7. The van der Waals surface area contributed by atoms with Crippen molar-refractivity contribution in [1.82, 2.24) is 74.1 Å². The first-order valence-electron chi connectivity index (χ1n) is 49.6. The van der Waals surface area contributed by atoms with Crippen molar-refractivity contribution in [2.45, 2.75) is 159 Å². The summed E-state index contributed by atoms with van der Waals surface area (Å²) < 4.78 is 64.4. The van der Waals surface area contributed by atoms with Gasteiger partial charge in [0.2, 0.25) is 11.8 Å². The van der Waals surface area contributed by atoms with Crippen LogP contribution in [0.4, 0.5) is 47.7 Å². The normalized spacial score (nSPS) is 21.4. The Hall–Kier alpha value is -14.3. The largest absolute Gasteiger partial charge is 0.462 e. The Morgan fingerprint density at radius 2 is 0.901 bits per heavy atom. The topological polar surface area (TPSA) is 297 Å². The maximum atomic E-state index is 14.3. The van der Waals surface area contributed by atoms with E-state index < -0.39 is 29.7 Å². The van der Waals surface area contributed by atoms with Gasteiger partial charge in [0.15, 0.2) is 0 Å². The van der Waals surface area contributed by atoms with Gasteiger partial charge in [0.25, 0.3) is 5.91 Å². The van der Waals surface area contributed by atoms with Gasteiger partial charge in [0.1, 0.15) is 42.8 Å². The number of likely N-dealkylation sites (tertiary alicyclic amines) is 3. The van der Waals surface area contributed by atoms with Crippen LogP contribution < -0.4 is 43.6 Å². The number of ether oxygens (including phenoxy) is 3. The highest BCUT2D eigenvalue weighted by molar-refractivity contribution is 6.01. The molecular weight excluding hydrogens is 1800 g/mol. The van der Waals surface area contributed by atoms with E-state index in [9.17, 15) is 43.3 Å². The minimum atomic E-state index is -4.93. The Kier molecular flexibility index (Phi) is 27.3. The Labute approximate surface area is 825 Å². The van der Waals surface area contributed by atoms with E-state index in [-0.39, 0.29) is 105 Å². The number of anilines is 6.